The maximum atomic E-state index is 9.59. The van der Waals surface area contributed by atoms with Crippen LogP contribution in [0.25, 0.3) is 0 Å². The van der Waals surface area contributed by atoms with Crippen molar-refractivity contribution in [2.45, 2.75) is 19.4 Å². The normalized spacial score (nSPS) is 12.5. The summed E-state index contributed by atoms with van der Waals surface area (Å²) in [6.07, 6.45) is 3.40. The molecule has 0 aliphatic rings. The molecule has 2 N–H and O–H groups in total. The summed E-state index contributed by atoms with van der Waals surface area (Å²) in [5.74, 6) is 0. The molecule has 0 aliphatic carbocycles. The van der Waals surface area contributed by atoms with Crippen molar-refractivity contribution in [1.82, 2.24) is 4.98 Å². The number of likely N-dealkylation sites (N-methyl/N-ethyl adjacent to an activating group) is 1. The van der Waals surface area contributed by atoms with Crippen LogP contribution in [0.2, 0.25) is 0 Å². The van der Waals surface area contributed by atoms with Gasteiger partial charge in [0.05, 0.1) is 6.10 Å². The van der Waals surface area contributed by atoms with Gasteiger partial charge in [0.25, 0.3) is 0 Å². The van der Waals surface area contributed by atoms with Gasteiger partial charge in [-0.2, -0.15) is 0 Å². The van der Waals surface area contributed by atoms with Crippen LogP contribution in [0.3, 0.4) is 0 Å². The van der Waals surface area contributed by atoms with Gasteiger partial charge in [0.2, 0.25) is 0 Å². The summed E-state index contributed by atoms with van der Waals surface area (Å²) in [7, 11) is 0. The Labute approximate surface area is 90.2 Å². The lowest BCUT2D eigenvalue weighted by atomic mass is 10.2. The fourth-order valence-corrected chi connectivity index (χ4v) is 1.47. The number of rotatable bonds is 6. The highest BCUT2D eigenvalue weighted by atomic mass is 16.3. The third-order valence-corrected chi connectivity index (χ3v) is 2.30. The van der Waals surface area contributed by atoms with Crippen molar-refractivity contribution in [3.8, 4) is 0 Å². The van der Waals surface area contributed by atoms with Crippen LogP contribution >= 0.6 is 0 Å². The first-order valence-corrected chi connectivity index (χ1v) is 5.21. The number of aromatic nitrogens is 1. The molecule has 0 fully saturated rings. The van der Waals surface area contributed by atoms with Gasteiger partial charge in [-0.1, -0.05) is 0 Å². The predicted molar refractivity (Wildman–Crippen MR) is 59.8 cm³/mol. The lowest BCUT2D eigenvalue weighted by Gasteiger charge is -2.25. The molecule has 1 rings (SSSR count). The van der Waals surface area contributed by atoms with Crippen LogP contribution in [0.4, 0.5) is 5.69 Å². The molecule has 84 valence electrons. The first-order valence-electron chi connectivity index (χ1n) is 5.21. The number of nitrogens with zero attached hydrogens (tertiary/aromatic N) is 2. The van der Waals surface area contributed by atoms with Gasteiger partial charge < -0.3 is 15.1 Å². The summed E-state index contributed by atoms with van der Waals surface area (Å²) in [4.78, 5) is 6.01. The Morgan fingerprint density at radius 1 is 1.40 bits per heavy atom. The molecule has 0 bridgehead atoms. The van der Waals surface area contributed by atoms with E-state index >= 15 is 0 Å². The van der Waals surface area contributed by atoms with E-state index in [9.17, 15) is 5.11 Å². The highest BCUT2D eigenvalue weighted by Crippen LogP contribution is 2.12. The lowest BCUT2D eigenvalue weighted by Crippen LogP contribution is -2.32. The second-order valence-corrected chi connectivity index (χ2v) is 3.41. The van der Waals surface area contributed by atoms with E-state index in [0.717, 1.165) is 12.2 Å². The maximum Gasteiger partial charge on any atom is 0.0736 e. The molecule has 15 heavy (non-hydrogen) atoms. The Balaban J connectivity index is 2.56. The van der Waals surface area contributed by atoms with E-state index in [0.29, 0.717) is 13.0 Å². The third kappa shape index (κ3) is 3.85. The zero-order valence-electron chi connectivity index (χ0n) is 9.00. The molecule has 4 nitrogen and oxygen atoms in total. The zero-order chi connectivity index (χ0) is 11.1. The summed E-state index contributed by atoms with van der Waals surface area (Å²) in [6.45, 7) is 3.43. The van der Waals surface area contributed by atoms with Crippen molar-refractivity contribution >= 4 is 5.69 Å². The molecule has 0 spiro atoms. The third-order valence-electron chi connectivity index (χ3n) is 2.30. The van der Waals surface area contributed by atoms with Crippen molar-refractivity contribution in [3.63, 3.8) is 0 Å². The van der Waals surface area contributed by atoms with Crippen LogP contribution in [0, 0.1) is 0 Å². The predicted octanol–water partition coefficient (Wildman–Crippen LogP) is 0.651. The molecule has 0 aliphatic heterocycles. The zero-order valence-corrected chi connectivity index (χ0v) is 9.00. The van der Waals surface area contributed by atoms with E-state index in [4.69, 9.17) is 5.11 Å². The van der Waals surface area contributed by atoms with Crippen molar-refractivity contribution in [2.75, 3.05) is 24.6 Å². The van der Waals surface area contributed by atoms with E-state index in [1.807, 2.05) is 19.1 Å². The highest BCUT2D eigenvalue weighted by Gasteiger charge is 2.10. The van der Waals surface area contributed by atoms with Crippen LogP contribution in [0.5, 0.6) is 0 Å². The Bertz CT molecular complexity index is 267. The van der Waals surface area contributed by atoms with Crippen molar-refractivity contribution in [3.05, 3.63) is 24.5 Å². The average molecular weight is 210 g/mol. The minimum Gasteiger partial charge on any atom is -0.396 e. The molecule has 0 saturated carbocycles. The molecular formula is C11H18N2O2. The molecule has 1 aromatic heterocycles. The van der Waals surface area contributed by atoms with E-state index in [1.54, 1.807) is 12.4 Å². The first-order chi connectivity index (χ1) is 7.27. The Morgan fingerprint density at radius 3 is 2.60 bits per heavy atom. The molecule has 1 unspecified atom stereocenters. The van der Waals surface area contributed by atoms with Gasteiger partial charge in [-0.3, -0.25) is 4.98 Å². The van der Waals surface area contributed by atoms with Crippen molar-refractivity contribution in [1.29, 1.82) is 0 Å². The summed E-state index contributed by atoms with van der Waals surface area (Å²) >= 11 is 0. The fraction of sp³-hybridized carbons (Fsp3) is 0.545. The Hall–Kier alpha value is -1.13. The van der Waals surface area contributed by atoms with Gasteiger partial charge >= 0.3 is 0 Å². The smallest absolute Gasteiger partial charge is 0.0736 e. The maximum absolute atomic E-state index is 9.59. The molecule has 1 aromatic rings. The summed E-state index contributed by atoms with van der Waals surface area (Å²) < 4.78 is 0. The summed E-state index contributed by atoms with van der Waals surface area (Å²) in [6, 6.07) is 3.82. The quantitative estimate of drug-likeness (QED) is 0.724. The number of pyridine rings is 1. The fourth-order valence-electron chi connectivity index (χ4n) is 1.47. The van der Waals surface area contributed by atoms with E-state index < -0.39 is 6.10 Å². The number of anilines is 1. The molecule has 4 heteroatoms. The summed E-state index contributed by atoms with van der Waals surface area (Å²) in [5.41, 5.74) is 1.05. The molecule has 1 atom stereocenters. The SMILES string of the molecule is CCN(CC(O)CCO)c1ccncc1. The van der Waals surface area contributed by atoms with Crippen LogP contribution in [-0.4, -0.2) is 41.0 Å². The standard InChI is InChI=1S/C11H18N2O2/c1-2-13(9-11(15)5-8-14)10-3-6-12-7-4-10/h3-4,6-7,11,14-15H,2,5,8-9H2,1H3. The molecule has 0 amide bonds. The highest BCUT2D eigenvalue weighted by molar-refractivity contribution is 5.44. The molecule has 0 aromatic carbocycles. The Morgan fingerprint density at radius 2 is 2.07 bits per heavy atom. The van der Waals surface area contributed by atoms with Crippen molar-refractivity contribution in [2.24, 2.45) is 0 Å². The number of aliphatic hydroxyl groups is 2. The van der Waals surface area contributed by atoms with Gasteiger partial charge in [-0.25, -0.2) is 0 Å². The largest absolute Gasteiger partial charge is 0.396 e. The van der Waals surface area contributed by atoms with Crippen LogP contribution < -0.4 is 4.90 Å². The topological polar surface area (TPSA) is 56.6 Å². The van der Waals surface area contributed by atoms with E-state index in [2.05, 4.69) is 9.88 Å². The first kappa shape index (κ1) is 11.9. The second-order valence-electron chi connectivity index (χ2n) is 3.41. The summed E-state index contributed by atoms with van der Waals surface area (Å²) in [5, 5.41) is 18.3. The monoisotopic (exact) mass is 210 g/mol. The minimum atomic E-state index is -0.483. The number of hydrogen-bond donors (Lipinski definition) is 2. The van der Waals surface area contributed by atoms with Gasteiger partial charge in [0, 0.05) is 37.8 Å². The van der Waals surface area contributed by atoms with Gasteiger partial charge in [-0.05, 0) is 25.5 Å². The van der Waals surface area contributed by atoms with Gasteiger partial charge in [0.1, 0.15) is 0 Å². The second kappa shape index (κ2) is 6.37. The van der Waals surface area contributed by atoms with Crippen LogP contribution in [0.1, 0.15) is 13.3 Å². The van der Waals surface area contributed by atoms with Gasteiger partial charge in [-0.15, -0.1) is 0 Å². The van der Waals surface area contributed by atoms with Crippen molar-refractivity contribution < 1.29 is 10.2 Å². The molecule has 1 heterocycles. The Kier molecular flexibility index (Phi) is 5.07. The molecule has 0 radical (unpaired) electrons. The average Bonchev–Trinajstić information content (AvgIpc) is 2.27. The van der Waals surface area contributed by atoms with E-state index in [-0.39, 0.29) is 6.61 Å². The minimum absolute atomic E-state index is 0.0229. The number of aliphatic hydroxyl groups excluding tert-OH is 2. The number of hydrogen-bond acceptors (Lipinski definition) is 4. The van der Waals surface area contributed by atoms with Crippen LogP contribution in [-0.2, 0) is 0 Å². The van der Waals surface area contributed by atoms with Gasteiger partial charge in [0.15, 0.2) is 0 Å². The molecule has 0 saturated heterocycles. The van der Waals surface area contributed by atoms with Crippen LogP contribution in [0.15, 0.2) is 24.5 Å². The lowest BCUT2D eigenvalue weighted by molar-refractivity contribution is 0.137. The van der Waals surface area contributed by atoms with E-state index in [1.165, 1.54) is 0 Å². The molecular weight excluding hydrogens is 192 g/mol.